The van der Waals surface area contributed by atoms with Crippen LogP contribution in [0, 0.1) is 11.7 Å². The maximum Gasteiger partial charge on any atom is 0.319 e. The summed E-state index contributed by atoms with van der Waals surface area (Å²) >= 11 is 0. The Kier molecular flexibility index (Phi) is 9.88. The van der Waals surface area contributed by atoms with Crippen LogP contribution in [0.15, 0.2) is 47.4 Å². The molecule has 41 heavy (non-hydrogen) atoms. The van der Waals surface area contributed by atoms with Crippen LogP contribution in [0.2, 0.25) is 0 Å². The molecule has 224 valence electrons. The highest BCUT2D eigenvalue weighted by Gasteiger charge is 2.36. The highest BCUT2D eigenvalue weighted by atomic mass is 32.2. The number of likely N-dealkylation sites (N-methyl/N-ethyl adjacent to an activating group) is 1. The molecule has 0 bridgehead atoms. The minimum absolute atomic E-state index is 0.0623. The van der Waals surface area contributed by atoms with Gasteiger partial charge in [-0.1, -0.05) is 32.3 Å². The summed E-state index contributed by atoms with van der Waals surface area (Å²) in [5.41, 5.74) is 0.477. The molecule has 1 aliphatic heterocycles. The van der Waals surface area contributed by atoms with Crippen LogP contribution in [-0.4, -0.2) is 79.6 Å². The number of aliphatic hydroxyl groups is 1. The maximum absolute atomic E-state index is 13.7. The summed E-state index contributed by atoms with van der Waals surface area (Å²) in [6.45, 7) is 3.42. The van der Waals surface area contributed by atoms with Crippen molar-refractivity contribution in [1.82, 2.24) is 14.5 Å². The molecular weight excluding hydrogens is 551 g/mol. The molecule has 0 radical (unpaired) electrons. The molecule has 1 heterocycles. The first kappa shape index (κ1) is 30.7. The number of nitrogens with one attached hydrogen (secondary N) is 2. The quantitative estimate of drug-likeness (QED) is 0.429. The first-order valence-corrected chi connectivity index (χ1v) is 15.5. The Morgan fingerprint density at radius 2 is 1.85 bits per heavy atom. The van der Waals surface area contributed by atoms with Gasteiger partial charge in [0, 0.05) is 25.6 Å². The number of hydrogen-bond donors (Lipinski definition) is 3. The van der Waals surface area contributed by atoms with E-state index in [0.717, 1.165) is 48.5 Å². The summed E-state index contributed by atoms with van der Waals surface area (Å²) in [6.07, 6.45) is 4.32. The van der Waals surface area contributed by atoms with Crippen LogP contribution in [0.1, 0.15) is 56.3 Å². The summed E-state index contributed by atoms with van der Waals surface area (Å²) in [7, 11) is -2.57. The van der Waals surface area contributed by atoms with Crippen molar-refractivity contribution in [3.8, 4) is 5.75 Å². The van der Waals surface area contributed by atoms with Crippen molar-refractivity contribution in [2.45, 2.75) is 69.0 Å². The van der Waals surface area contributed by atoms with E-state index >= 15 is 0 Å². The maximum atomic E-state index is 13.7. The van der Waals surface area contributed by atoms with Gasteiger partial charge in [-0.05, 0) is 56.2 Å². The first-order chi connectivity index (χ1) is 19.5. The minimum Gasteiger partial charge on any atom is -0.486 e. The van der Waals surface area contributed by atoms with Gasteiger partial charge in [-0.15, -0.1) is 0 Å². The number of benzene rings is 2. The third kappa shape index (κ3) is 7.17. The van der Waals surface area contributed by atoms with E-state index in [-0.39, 0.29) is 59.5 Å². The Morgan fingerprint density at radius 1 is 1.17 bits per heavy atom. The largest absolute Gasteiger partial charge is 0.486 e. The number of aliphatic hydroxyl groups excluding tert-OH is 1. The molecule has 2 aromatic rings. The molecule has 2 aromatic carbocycles. The summed E-state index contributed by atoms with van der Waals surface area (Å²) in [5.74, 6) is -1.14. The zero-order valence-corrected chi connectivity index (χ0v) is 24.5. The van der Waals surface area contributed by atoms with E-state index in [4.69, 9.17) is 4.74 Å². The van der Waals surface area contributed by atoms with Gasteiger partial charge in [-0.3, -0.25) is 4.79 Å². The fourth-order valence-electron chi connectivity index (χ4n) is 5.29. The monoisotopic (exact) mass is 590 g/mol. The van der Waals surface area contributed by atoms with Crippen molar-refractivity contribution in [2.24, 2.45) is 5.92 Å². The highest BCUT2D eigenvalue weighted by molar-refractivity contribution is 7.89. The number of carbonyl (C=O) groups is 2. The molecule has 0 spiro atoms. The van der Waals surface area contributed by atoms with Crippen LogP contribution >= 0.6 is 0 Å². The fourth-order valence-corrected chi connectivity index (χ4v) is 6.47. The Bertz CT molecular complexity index is 1330. The number of hydrogen-bond acceptors (Lipinski definition) is 6. The summed E-state index contributed by atoms with van der Waals surface area (Å²) < 4.78 is 47.5. The van der Waals surface area contributed by atoms with Crippen molar-refractivity contribution >= 4 is 27.6 Å². The van der Waals surface area contributed by atoms with Gasteiger partial charge in [0.2, 0.25) is 10.0 Å². The predicted molar refractivity (Wildman–Crippen MR) is 153 cm³/mol. The van der Waals surface area contributed by atoms with Gasteiger partial charge in [0.1, 0.15) is 11.9 Å². The molecule has 10 nitrogen and oxygen atoms in total. The SMILES string of the molecule is C[C@@H]1CN([C@@H](C)CO)C(=O)c2cccc(NC(=O)NC3CCCCC3)c2O[C@H]1CN(C)S(=O)(=O)c1ccc(F)cc1. The Morgan fingerprint density at radius 3 is 2.51 bits per heavy atom. The Labute approximate surface area is 240 Å². The standard InChI is InChI=1S/C29H39FN4O6S/c1-19-16-34(20(2)18-35)28(36)24-10-7-11-25(32-29(37)31-22-8-5-4-6-9-22)27(24)40-26(19)17-33(3)41(38,39)23-14-12-21(30)13-15-23/h7,10-15,19-20,22,26,35H,4-6,8-9,16-18H2,1-3H3,(H2,31,32,37)/t19-,20+,26+/m1/s1. The van der Waals surface area contributed by atoms with Crippen LogP contribution in [0.4, 0.5) is 14.9 Å². The van der Waals surface area contributed by atoms with Gasteiger partial charge < -0.3 is 25.4 Å². The average Bonchev–Trinajstić information content (AvgIpc) is 2.95. The minimum atomic E-state index is -3.98. The van der Waals surface area contributed by atoms with E-state index in [9.17, 15) is 27.5 Å². The number of amides is 3. The summed E-state index contributed by atoms with van der Waals surface area (Å²) in [5, 5.41) is 15.7. The second kappa shape index (κ2) is 13.2. The molecule has 0 unspecified atom stereocenters. The number of sulfonamides is 1. The molecule has 3 N–H and O–H groups in total. The Balaban J connectivity index is 1.65. The van der Waals surface area contributed by atoms with Crippen LogP contribution in [0.5, 0.6) is 5.75 Å². The average molecular weight is 591 g/mol. The molecule has 0 aromatic heterocycles. The van der Waals surface area contributed by atoms with Crippen molar-refractivity contribution < 1.29 is 32.2 Å². The molecular formula is C29H39FN4O6S. The molecule has 1 fully saturated rings. The number of para-hydroxylation sites is 1. The molecule has 3 amide bonds. The van der Waals surface area contributed by atoms with E-state index in [1.54, 1.807) is 30.0 Å². The van der Waals surface area contributed by atoms with E-state index in [2.05, 4.69) is 10.6 Å². The third-order valence-corrected chi connectivity index (χ3v) is 9.68. The summed E-state index contributed by atoms with van der Waals surface area (Å²) in [4.78, 5) is 28.1. The van der Waals surface area contributed by atoms with Crippen LogP contribution in [-0.2, 0) is 10.0 Å². The number of carbonyl (C=O) groups excluding carboxylic acids is 2. The van der Waals surface area contributed by atoms with Crippen molar-refractivity contribution in [3.05, 3.63) is 53.8 Å². The van der Waals surface area contributed by atoms with Gasteiger partial charge in [0.25, 0.3) is 5.91 Å². The predicted octanol–water partition coefficient (Wildman–Crippen LogP) is 3.82. The number of rotatable bonds is 8. The van der Waals surface area contributed by atoms with Gasteiger partial charge >= 0.3 is 6.03 Å². The molecule has 1 aliphatic carbocycles. The van der Waals surface area contributed by atoms with E-state index in [0.29, 0.717) is 0 Å². The van der Waals surface area contributed by atoms with E-state index in [1.807, 2.05) is 6.92 Å². The van der Waals surface area contributed by atoms with Crippen LogP contribution in [0.25, 0.3) is 0 Å². The number of ether oxygens (including phenoxy) is 1. The lowest BCUT2D eigenvalue weighted by molar-refractivity contribution is 0.0389. The summed E-state index contributed by atoms with van der Waals surface area (Å²) in [6, 6.07) is 8.58. The number of halogens is 1. The molecule has 4 rings (SSSR count). The smallest absolute Gasteiger partial charge is 0.319 e. The number of fused-ring (bicyclic) bond motifs is 1. The zero-order chi connectivity index (χ0) is 29.7. The second-order valence-electron chi connectivity index (χ2n) is 11.0. The molecule has 2 aliphatic rings. The van der Waals surface area contributed by atoms with Crippen molar-refractivity contribution in [2.75, 3.05) is 32.1 Å². The molecule has 1 saturated carbocycles. The lowest BCUT2D eigenvalue weighted by atomic mass is 9.96. The number of urea groups is 1. The van der Waals surface area contributed by atoms with Gasteiger partial charge in [-0.2, -0.15) is 4.31 Å². The molecule has 12 heteroatoms. The first-order valence-electron chi connectivity index (χ1n) is 14.0. The van der Waals surface area contributed by atoms with E-state index in [1.165, 1.54) is 19.2 Å². The van der Waals surface area contributed by atoms with Gasteiger partial charge in [0.05, 0.1) is 35.3 Å². The normalized spacial score (nSPS) is 20.9. The second-order valence-corrected chi connectivity index (χ2v) is 13.0. The number of anilines is 1. The van der Waals surface area contributed by atoms with Crippen LogP contribution < -0.4 is 15.4 Å². The lowest BCUT2D eigenvalue weighted by Gasteiger charge is -2.38. The zero-order valence-electron chi connectivity index (χ0n) is 23.7. The third-order valence-electron chi connectivity index (χ3n) is 7.84. The highest BCUT2D eigenvalue weighted by Crippen LogP contribution is 2.35. The van der Waals surface area contributed by atoms with Crippen molar-refractivity contribution in [1.29, 1.82) is 0 Å². The number of nitrogens with zero attached hydrogens (tertiary/aromatic N) is 2. The van der Waals surface area contributed by atoms with Gasteiger partial charge in [-0.25, -0.2) is 17.6 Å². The van der Waals surface area contributed by atoms with Crippen molar-refractivity contribution in [3.63, 3.8) is 0 Å². The topological polar surface area (TPSA) is 128 Å². The van der Waals surface area contributed by atoms with E-state index < -0.39 is 34.0 Å². The lowest BCUT2D eigenvalue weighted by Crippen LogP contribution is -2.50. The molecule has 0 saturated heterocycles. The molecule has 3 atom stereocenters. The fraction of sp³-hybridized carbons (Fsp3) is 0.517. The van der Waals surface area contributed by atoms with Crippen LogP contribution in [0.3, 0.4) is 0 Å². The Hall–Kier alpha value is -3.22. The van der Waals surface area contributed by atoms with Gasteiger partial charge in [0.15, 0.2) is 5.75 Å².